The molecule has 106 valence electrons. The first-order chi connectivity index (χ1) is 8.41. The third kappa shape index (κ3) is 3.67. The van der Waals surface area contributed by atoms with Gasteiger partial charge in [-0.25, -0.2) is 5.84 Å². The fourth-order valence-corrected chi connectivity index (χ4v) is 2.58. The van der Waals surface area contributed by atoms with E-state index in [1.54, 1.807) is 0 Å². The lowest BCUT2D eigenvalue weighted by Gasteiger charge is -2.50. The Morgan fingerprint density at radius 3 is 2.39 bits per heavy atom. The number of hydrazine groups is 1. The second-order valence-electron chi connectivity index (χ2n) is 5.84. The number of nitrogens with two attached hydrogens (primary N) is 1. The minimum atomic E-state index is -0.0822. The van der Waals surface area contributed by atoms with E-state index in [1.165, 1.54) is 19.3 Å². The lowest BCUT2D eigenvalue weighted by atomic mass is 9.75. The van der Waals surface area contributed by atoms with Crippen molar-refractivity contribution in [2.24, 2.45) is 5.84 Å². The molecule has 0 heterocycles. The van der Waals surface area contributed by atoms with E-state index < -0.39 is 0 Å². The highest BCUT2D eigenvalue weighted by molar-refractivity contribution is 5.75. The molecule has 0 saturated heterocycles. The van der Waals surface area contributed by atoms with Gasteiger partial charge in [-0.3, -0.25) is 10.2 Å². The van der Waals surface area contributed by atoms with Gasteiger partial charge in [0.1, 0.15) is 0 Å². The Balaban J connectivity index is 2.39. The first-order valence-corrected chi connectivity index (χ1v) is 6.78. The second kappa shape index (κ2) is 6.50. The molecule has 1 rings (SSSR count). The molecule has 1 aliphatic rings. The summed E-state index contributed by atoms with van der Waals surface area (Å²) in [7, 11) is 6.48. The van der Waals surface area contributed by atoms with Crippen molar-refractivity contribution in [3.8, 4) is 0 Å². The van der Waals surface area contributed by atoms with E-state index in [0.717, 1.165) is 13.0 Å². The van der Waals surface area contributed by atoms with Crippen LogP contribution in [0.2, 0.25) is 0 Å². The van der Waals surface area contributed by atoms with Crippen molar-refractivity contribution in [3.63, 3.8) is 0 Å². The Morgan fingerprint density at radius 2 is 2.00 bits per heavy atom. The van der Waals surface area contributed by atoms with Gasteiger partial charge in [0.05, 0.1) is 0 Å². The van der Waals surface area contributed by atoms with Gasteiger partial charge in [-0.15, -0.1) is 0 Å². The van der Waals surface area contributed by atoms with E-state index in [1.807, 2.05) is 0 Å². The average Bonchev–Trinajstić information content (AvgIpc) is 2.29. The number of nitrogens with one attached hydrogen (secondary N) is 1. The van der Waals surface area contributed by atoms with Crippen LogP contribution in [0.4, 0.5) is 0 Å². The van der Waals surface area contributed by atoms with Crippen molar-refractivity contribution < 1.29 is 4.79 Å². The summed E-state index contributed by atoms with van der Waals surface area (Å²) in [6.45, 7) is 3.25. The molecule has 1 fully saturated rings. The highest BCUT2D eigenvalue weighted by atomic mass is 16.2. The van der Waals surface area contributed by atoms with Crippen LogP contribution in [-0.2, 0) is 4.79 Å². The van der Waals surface area contributed by atoms with Gasteiger partial charge in [-0.1, -0.05) is 0 Å². The summed E-state index contributed by atoms with van der Waals surface area (Å²) < 4.78 is 0. The molecule has 0 aromatic rings. The van der Waals surface area contributed by atoms with E-state index in [9.17, 15) is 4.79 Å². The minimum absolute atomic E-state index is 0.0822. The zero-order valence-corrected chi connectivity index (χ0v) is 12.2. The van der Waals surface area contributed by atoms with E-state index in [-0.39, 0.29) is 5.91 Å². The molecular formula is C13H28N4O. The lowest BCUT2D eigenvalue weighted by Crippen LogP contribution is -2.57. The largest absolute Gasteiger partial charge is 0.302 e. The molecule has 1 aliphatic carbocycles. The number of rotatable bonds is 7. The molecule has 0 aliphatic heterocycles. The normalized spacial score (nSPS) is 19.7. The number of carbonyl (C=O) groups excluding carboxylic acids is 1. The van der Waals surface area contributed by atoms with Crippen LogP contribution >= 0.6 is 0 Å². The van der Waals surface area contributed by atoms with Crippen LogP contribution in [0.25, 0.3) is 0 Å². The van der Waals surface area contributed by atoms with Gasteiger partial charge in [0.2, 0.25) is 5.91 Å². The quantitative estimate of drug-likeness (QED) is 0.397. The number of carbonyl (C=O) groups is 1. The Bertz CT molecular complexity index is 276. The number of likely N-dealkylation sites (N-methyl/N-ethyl adjacent to an activating group) is 2. The Labute approximate surface area is 111 Å². The number of nitrogens with zero attached hydrogens (tertiary/aromatic N) is 2. The molecule has 0 aromatic heterocycles. The van der Waals surface area contributed by atoms with Crippen LogP contribution in [0.5, 0.6) is 0 Å². The molecular weight excluding hydrogens is 228 g/mol. The summed E-state index contributed by atoms with van der Waals surface area (Å²) in [6, 6.07) is 0.403. The van der Waals surface area contributed by atoms with Crippen molar-refractivity contribution >= 4 is 5.91 Å². The molecule has 3 N–H and O–H groups in total. The molecule has 0 bridgehead atoms. The van der Waals surface area contributed by atoms with Gasteiger partial charge in [0.15, 0.2) is 0 Å². The predicted molar refractivity (Wildman–Crippen MR) is 73.9 cm³/mol. The van der Waals surface area contributed by atoms with Crippen LogP contribution in [0.15, 0.2) is 0 Å². The fourth-order valence-electron chi connectivity index (χ4n) is 2.58. The first kappa shape index (κ1) is 15.4. The molecule has 5 heteroatoms. The smallest absolute Gasteiger partial charge is 0.233 e. The maximum absolute atomic E-state index is 11.1. The first-order valence-electron chi connectivity index (χ1n) is 6.78. The molecule has 1 saturated carbocycles. The van der Waals surface area contributed by atoms with Crippen LogP contribution in [0, 0.1) is 0 Å². The third-order valence-electron chi connectivity index (χ3n) is 4.48. The summed E-state index contributed by atoms with van der Waals surface area (Å²) in [4.78, 5) is 15.9. The number of hydrogen-bond acceptors (Lipinski definition) is 4. The van der Waals surface area contributed by atoms with Gasteiger partial charge in [0.25, 0.3) is 0 Å². The summed E-state index contributed by atoms with van der Waals surface area (Å²) in [5, 5.41) is 0. The summed E-state index contributed by atoms with van der Waals surface area (Å²) in [5.74, 6) is 5.00. The standard InChI is InChI=1S/C13H28N4O/c1-11(6-7-12(18)15-14)17(4)10-13(16(2)3)8-5-9-13/h11H,5-10,14H2,1-4H3,(H,15,18). The van der Waals surface area contributed by atoms with Crippen molar-refractivity contribution in [1.29, 1.82) is 0 Å². The zero-order valence-electron chi connectivity index (χ0n) is 12.2. The monoisotopic (exact) mass is 256 g/mol. The van der Waals surface area contributed by atoms with Crippen molar-refractivity contribution in [1.82, 2.24) is 15.2 Å². The van der Waals surface area contributed by atoms with Crippen molar-refractivity contribution in [3.05, 3.63) is 0 Å². The molecule has 0 aromatic carbocycles. The van der Waals surface area contributed by atoms with Crippen LogP contribution < -0.4 is 11.3 Å². The molecule has 5 nitrogen and oxygen atoms in total. The minimum Gasteiger partial charge on any atom is -0.302 e. The van der Waals surface area contributed by atoms with Crippen molar-refractivity contribution in [2.75, 3.05) is 27.7 Å². The summed E-state index contributed by atoms with van der Waals surface area (Å²) in [6.07, 6.45) is 5.23. The number of amides is 1. The fraction of sp³-hybridized carbons (Fsp3) is 0.923. The average molecular weight is 256 g/mol. The van der Waals surface area contributed by atoms with E-state index in [2.05, 4.69) is 43.3 Å². The topological polar surface area (TPSA) is 61.6 Å². The zero-order chi connectivity index (χ0) is 13.8. The highest BCUT2D eigenvalue weighted by Crippen LogP contribution is 2.37. The second-order valence-corrected chi connectivity index (χ2v) is 5.84. The van der Waals surface area contributed by atoms with Gasteiger partial charge < -0.3 is 9.80 Å². The van der Waals surface area contributed by atoms with Crippen molar-refractivity contribution in [2.45, 2.75) is 50.6 Å². The maximum atomic E-state index is 11.1. The van der Waals surface area contributed by atoms with E-state index in [0.29, 0.717) is 18.0 Å². The molecule has 18 heavy (non-hydrogen) atoms. The van der Waals surface area contributed by atoms with Crippen LogP contribution in [-0.4, -0.2) is 55.0 Å². The molecule has 1 atom stereocenters. The maximum Gasteiger partial charge on any atom is 0.233 e. The molecule has 1 unspecified atom stereocenters. The molecule has 0 spiro atoms. The Hall–Kier alpha value is -0.650. The van der Waals surface area contributed by atoms with Gasteiger partial charge in [0, 0.05) is 24.5 Å². The summed E-state index contributed by atoms with van der Waals surface area (Å²) in [5.41, 5.74) is 2.53. The third-order valence-corrected chi connectivity index (χ3v) is 4.48. The number of hydrogen-bond donors (Lipinski definition) is 2. The van der Waals surface area contributed by atoms with Gasteiger partial charge >= 0.3 is 0 Å². The Kier molecular flexibility index (Phi) is 5.56. The summed E-state index contributed by atoms with van der Waals surface area (Å²) >= 11 is 0. The van der Waals surface area contributed by atoms with Crippen LogP contribution in [0.3, 0.4) is 0 Å². The SMILES string of the molecule is CC(CCC(=O)NN)N(C)CC1(N(C)C)CCC1. The van der Waals surface area contributed by atoms with E-state index in [4.69, 9.17) is 5.84 Å². The predicted octanol–water partition coefficient (Wildman–Crippen LogP) is 0.561. The lowest BCUT2D eigenvalue weighted by molar-refractivity contribution is -0.121. The highest BCUT2D eigenvalue weighted by Gasteiger charge is 2.40. The van der Waals surface area contributed by atoms with E-state index >= 15 is 0 Å². The van der Waals surface area contributed by atoms with Crippen LogP contribution in [0.1, 0.15) is 39.0 Å². The van der Waals surface area contributed by atoms with Gasteiger partial charge in [-0.2, -0.15) is 0 Å². The van der Waals surface area contributed by atoms with Gasteiger partial charge in [-0.05, 0) is 53.8 Å². The molecule has 0 radical (unpaired) electrons. The molecule has 1 amide bonds. The Morgan fingerprint density at radius 1 is 1.39 bits per heavy atom.